The number of ether oxygens (including phenoxy) is 3. The van der Waals surface area contributed by atoms with Crippen LogP contribution in [0.25, 0.3) is 0 Å². The topological polar surface area (TPSA) is 106 Å². The first-order valence-corrected chi connectivity index (χ1v) is 10.1. The predicted molar refractivity (Wildman–Crippen MR) is 117 cm³/mol. The van der Waals surface area contributed by atoms with Gasteiger partial charge in [0.15, 0.2) is 11.5 Å². The third kappa shape index (κ3) is 4.18. The van der Waals surface area contributed by atoms with Gasteiger partial charge in [-0.05, 0) is 18.1 Å². The first kappa shape index (κ1) is 22.9. The van der Waals surface area contributed by atoms with E-state index in [1.54, 1.807) is 36.4 Å². The zero-order chi connectivity index (χ0) is 23.3. The van der Waals surface area contributed by atoms with Gasteiger partial charge in [-0.3, -0.25) is 14.5 Å². The van der Waals surface area contributed by atoms with Crippen LogP contribution in [0.2, 0.25) is 0 Å². The zero-order valence-corrected chi connectivity index (χ0v) is 18.6. The molecule has 0 saturated carbocycles. The molecule has 1 heterocycles. The minimum atomic E-state index is -1.18. The number of benzene rings is 2. The molecule has 0 spiro atoms. The number of imide groups is 1. The van der Waals surface area contributed by atoms with Gasteiger partial charge in [0, 0.05) is 18.2 Å². The molecule has 1 unspecified atom stereocenters. The fraction of sp³-hybridized carbons (Fsp3) is 0.348. The van der Waals surface area contributed by atoms with Crippen molar-refractivity contribution < 1.29 is 28.6 Å². The van der Waals surface area contributed by atoms with E-state index < -0.39 is 29.9 Å². The molecule has 1 aliphatic heterocycles. The maximum Gasteiger partial charge on any atom is 0.325 e. The Morgan fingerprint density at radius 3 is 2.22 bits per heavy atom. The molecule has 170 valence electrons. The number of carbonyl (C=O) groups is 3. The fourth-order valence-corrected chi connectivity index (χ4v) is 3.76. The Balaban J connectivity index is 1.72. The second kappa shape index (κ2) is 9.59. The van der Waals surface area contributed by atoms with Crippen molar-refractivity contribution in [1.29, 1.82) is 0 Å². The number of urea groups is 1. The van der Waals surface area contributed by atoms with Crippen LogP contribution in [0.3, 0.4) is 0 Å². The molecular weight excluding hydrogens is 414 g/mol. The zero-order valence-electron chi connectivity index (χ0n) is 18.6. The molecule has 2 aromatic rings. The van der Waals surface area contributed by atoms with Crippen LogP contribution in [-0.2, 0) is 21.7 Å². The van der Waals surface area contributed by atoms with Crippen molar-refractivity contribution >= 4 is 17.8 Å². The second-order valence-corrected chi connectivity index (χ2v) is 7.24. The minimum absolute atomic E-state index is 0.115. The van der Waals surface area contributed by atoms with Crippen LogP contribution >= 0.6 is 0 Å². The van der Waals surface area contributed by atoms with Crippen molar-refractivity contribution in [3.05, 3.63) is 53.6 Å². The monoisotopic (exact) mass is 441 g/mol. The number of rotatable bonds is 9. The van der Waals surface area contributed by atoms with Gasteiger partial charge in [-0.25, -0.2) is 4.79 Å². The molecule has 0 aliphatic carbocycles. The molecule has 0 radical (unpaired) electrons. The summed E-state index contributed by atoms with van der Waals surface area (Å²) in [6.45, 7) is 1.54. The van der Waals surface area contributed by atoms with Gasteiger partial charge in [-0.2, -0.15) is 0 Å². The van der Waals surface area contributed by atoms with Gasteiger partial charge in [-0.1, -0.05) is 37.3 Å². The number of nitrogens with one attached hydrogen (secondary N) is 2. The lowest BCUT2D eigenvalue weighted by Crippen LogP contribution is -2.44. The Bertz CT molecular complexity index is 1010. The summed E-state index contributed by atoms with van der Waals surface area (Å²) in [6, 6.07) is 11.8. The molecule has 0 aromatic heterocycles. The second-order valence-electron chi connectivity index (χ2n) is 7.24. The quantitative estimate of drug-likeness (QED) is 0.578. The molecule has 0 bridgehead atoms. The van der Waals surface area contributed by atoms with E-state index in [0.29, 0.717) is 34.8 Å². The van der Waals surface area contributed by atoms with Crippen molar-refractivity contribution in [1.82, 2.24) is 15.5 Å². The van der Waals surface area contributed by atoms with Crippen LogP contribution in [0.1, 0.15) is 24.5 Å². The van der Waals surface area contributed by atoms with Crippen LogP contribution in [0.5, 0.6) is 17.2 Å². The predicted octanol–water partition coefficient (Wildman–Crippen LogP) is 2.19. The highest BCUT2D eigenvalue weighted by Crippen LogP contribution is 2.35. The maximum absolute atomic E-state index is 13.1. The summed E-state index contributed by atoms with van der Waals surface area (Å²) in [5.74, 6) is 0.560. The van der Waals surface area contributed by atoms with E-state index in [2.05, 4.69) is 10.6 Å². The number of carbonyl (C=O) groups excluding carboxylic acids is 3. The first-order valence-electron chi connectivity index (χ1n) is 10.1. The van der Waals surface area contributed by atoms with Crippen LogP contribution in [0, 0.1) is 0 Å². The van der Waals surface area contributed by atoms with E-state index in [4.69, 9.17) is 14.2 Å². The highest BCUT2D eigenvalue weighted by molar-refractivity contribution is 6.09. The molecule has 9 heteroatoms. The lowest BCUT2D eigenvalue weighted by Gasteiger charge is -2.25. The van der Waals surface area contributed by atoms with E-state index >= 15 is 0 Å². The Morgan fingerprint density at radius 1 is 1.00 bits per heavy atom. The van der Waals surface area contributed by atoms with E-state index in [9.17, 15) is 14.4 Å². The molecule has 1 saturated heterocycles. The summed E-state index contributed by atoms with van der Waals surface area (Å²) in [5.41, 5.74) is 0.160. The first-order chi connectivity index (χ1) is 15.4. The molecule has 1 aliphatic rings. The SMILES string of the molecule is CCC1(c2ccccc2)NC(=O)N(CC(=O)NCc2cc(OC)c(OC)cc2OC)C1=O. The summed E-state index contributed by atoms with van der Waals surface area (Å²) in [6.07, 6.45) is 0.364. The largest absolute Gasteiger partial charge is 0.496 e. The van der Waals surface area contributed by atoms with E-state index in [1.807, 2.05) is 13.0 Å². The molecule has 9 nitrogen and oxygen atoms in total. The summed E-state index contributed by atoms with van der Waals surface area (Å²) < 4.78 is 15.9. The average molecular weight is 441 g/mol. The van der Waals surface area contributed by atoms with Crippen LogP contribution in [0.4, 0.5) is 4.79 Å². The molecule has 3 rings (SSSR count). The fourth-order valence-electron chi connectivity index (χ4n) is 3.76. The van der Waals surface area contributed by atoms with Crippen LogP contribution in [0.15, 0.2) is 42.5 Å². The Hall–Kier alpha value is -3.75. The van der Waals surface area contributed by atoms with Crippen molar-refractivity contribution in [3.63, 3.8) is 0 Å². The minimum Gasteiger partial charge on any atom is -0.496 e. The normalized spacial score (nSPS) is 17.7. The molecule has 1 atom stereocenters. The van der Waals surface area contributed by atoms with Crippen LogP contribution < -0.4 is 24.8 Å². The van der Waals surface area contributed by atoms with Gasteiger partial charge >= 0.3 is 6.03 Å². The average Bonchev–Trinajstić information content (AvgIpc) is 3.07. The molecule has 32 heavy (non-hydrogen) atoms. The summed E-state index contributed by atoms with van der Waals surface area (Å²) in [7, 11) is 4.54. The highest BCUT2D eigenvalue weighted by atomic mass is 16.5. The van der Waals surface area contributed by atoms with Crippen LogP contribution in [-0.4, -0.2) is 50.6 Å². The van der Waals surface area contributed by atoms with Gasteiger partial charge in [0.2, 0.25) is 5.91 Å². The van der Waals surface area contributed by atoms with Gasteiger partial charge in [-0.15, -0.1) is 0 Å². The lowest BCUT2D eigenvalue weighted by molar-refractivity contribution is -0.135. The van der Waals surface area contributed by atoms with Crippen molar-refractivity contribution in [3.8, 4) is 17.2 Å². The Kier molecular flexibility index (Phi) is 6.87. The van der Waals surface area contributed by atoms with E-state index in [0.717, 1.165) is 4.90 Å². The van der Waals surface area contributed by atoms with Crippen molar-refractivity contribution in [2.45, 2.75) is 25.4 Å². The third-order valence-corrected chi connectivity index (χ3v) is 5.54. The number of hydrogen-bond acceptors (Lipinski definition) is 6. The third-order valence-electron chi connectivity index (χ3n) is 5.54. The Morgan fingerprint density at radius 2 is 1.62 bits per heavy atom. The number of nitrogens with zero attached hydrogens (tertiary/aromatic N) is 1. The lowest BCUT2D eigenvalue weighted by atomic mass is 9.87. The smallest absolute Gasteiger partial charge is 0.325 e. The van der Waals surface area contributed by atoms with Gasteiger partial charge < -0.3 is 24.8 Å². The standard InChI is InChI=1S/C23H27N3O6/c1-5-23(16-9-7-6-8-10-16)21(28)26(22(29)25-23)14-20(27)24-13-15-11-18(31-3)19(32-4)12-17(15)30-2/h6-12H,5,13-14H2,1-4H3,(H,24,27)(H,25,29). The summed E-state index contributed by atoms with van der Waals surface area (Å²) in [4.78, 5) is 39.2. The number of amides is 4. The molecule has 2 aromatic carbocycles. The van der Waals surface area contributed by atoms with Crippen molar-refractivity contribution in [2.24, 2.45) is 0 Å². The van der Waals surface area contributed by atoms with E-state index in [-0.39, 0.29) is 6.54 Å². The molecule has 1 fully saturated rings. The van der Waals surface area contributed by atoms with Gasteiger partial charge in [0.05, 0.1) is 21.3 Å². The highest BCUT2D eigenvalue weighted by Gasteiger charge is 2.51. The number of methoxy groups -OCH3 is 3. The van der Waals surface area contributed by atoms with Gasteiger partial charge in [0.1, 0.15) is 17.8 Å². The molecule has 4 amide bonds. The maximum atomic E-state index is 13.1. The van der Waals surface area contributed by atoms with E-state index in [1.165, 1.54) is 21.3 Å². The summed E-state index contributed by atoms with van der Waals surface area (Å²) in [5, 5.41) is 5.49. The number of hydrogen-bond donors (Lipinski definition) is 2. The van der Waals surface area contributed by atoms with Crippen molar-refractivity contribution in [2.75, 3.05) is 27.9 Å². The van der Waals surface area contributed by atoms with Gasteiger partial charge in [0.25, 0.3) is 5.91 Å². The Labute approximate surface area is 186 Å². The molecular formula is C23H27N3O6. The summed E-state index contributed by atoms with van der Waals surface area (Å²) >= 11 is 0. The molecule has 2 N–H and O–H groups in total.